The molecule has 348 valence electrons. The Labute approximate surface area is 375 Å². The predicted octanol–water partition coefficient (Wildman–Crippen LogP) is 9.47. The van der Waals surface area contributed by atoms with Gasteiger partial charge in [0.1, 0.15) is 17.8 Å². The molecule has 0 saturated heterocycles. The molecule has 0 spiro atoms. The lowest BCUT2D eigenvalue weighted by atomic mass is 10.1. The Balaban J connectivity index is 0.000000202. The first-order valence-corrected chi connectivity index (χ1v) is 24.4. The lowest BCUT2D eigenvalue weighted by Gasteiger charge is -2.20. The monoisotopic (exact) mass is 934 g/mol. The summed E-state index contributed by atoms with van der Waals surface area (Å²) in [5.74, 6) is -0.0542. The van der Waals surface area contributed by atoms with Gasteiger partial charge in [-0.15, -0.1) is 0 Å². The minimum absolute atomic E-state index is 0.211. The number of aromatic amines is 1. The van der Waals surface area contributed by atoms with E-state index in [1.54, 1.807) is 10.8 Å². The second-order valence-electron chi connectivity index (χ2n) is 19.0. The Morgan fingerprint density at radius 1 is 0.697 bits per heavy atom. The van der Waals surface area contributed by atoms with Crippen molar-refractivity contribution in [2.45, 2.75) is 97.4 Å². The number of carbonyl (C=O) groups is 2. The number of nitrogens with one attached hydrogen (secondary N) is 3. The predicted molar refractivity (Wildman–Crippen MR) is 239 cm³/mol. The highest BCUT2D eigenvalue weighted by Crippen LogP contribution is 2.33. The first-order valence-electron chi connectivity index (χ1n) is 20.7. The van der Waals surface area contributed by atoms with Crippen LogP contribution in [0.25, 0.3) is 55.8 Å². The Hall–Kier alpha value is -6.68. The highest BCUT2D eigenvalue weighted by atomic mass is 28.3. The number of aromatic nitrogens is 10. The number of rotatable bonds is 9. The zero-order valence-corrected chi connectivity index (χ0v) is 38.6. The first-order chi connectivity index (χ1) is 30.6. The van der Waals surface area contributed by atoms with Crippen molar-refractivity contribution in [1.82, 2.24) is 59.7 Å². The SMILES string of the molecule is CC(C)(C)NC(=O)c1c[nH]c2ncc(-n3ncc4cc(C(F)(F)F)ccc43)nc12.CC(C)(C)NC(=O)c1cn(COCC[Si](C)(C)C)c2ncc(-n3ncc4cc(C(F)(F)F)ccc43)nc12. The highest BCUT2D eigenvalue weighted by Gasteiger charge is 2.32. The zero-order valence-electron chi connectivity index (χ0n) is 37.6. The van der Waals surface area contributed by atoms with Crippen molar-refractivity contribution in [3.63, 3.8) is 0 Å². The summed E-state index contributed by atoms with van der Waals surface area (Å²) in [5, 5.41) is 14.8. The number of alkyl halides is 6. The molecule has 6 aromatic heterocycles. The van der Waals surface area contributed by atoms with E-state index in [0.717, 1.165) is 30.3 Å². The van der Waals surface area contributed by atoms with Crippen molar-refractivity contribution in [1.29, 1.82) is 0 Å². The van der Waals surface area contributed by atoms with Crippen LogP contribution in [0.15, 0.2) is 73.6 Å². The molecule has 0 aliphatic heterocycles. The molecule has 6 heterocycles. The van der Waals surface area contributed by atoms with Crippen molar-refractivity contribution in [2.75, 3.05) is 6.61 Å². The van der Waals surface area contributed by atoms with Gasteiger partial charge in [-0.25, -0.2) is 29.3 Å². The fourth-order valence-corrected chi connectivity index (χ4v) is 7.46. The van der Waals surface area contributed by atoms with E-state index in [1.807, 2.05) is 41.5 Å². The van der Waals surface area contributed by atoms with Gasteiger partial charge in [-0.3, -0.25) is 9.59 Å². The minimum Gasteiger partial charge on any atom is -0.361 e. The Morgan fingerprint density at radius 2 is 1.20 bits per heavy atom. The molecule has 8 aromatic rings. The molecule has 0 bridgehead atoms. The lowest BCUT2D eigenvalue weighted by Crippen LogP contribution is -2.40. The lowest BCUT2D eigenvalue weighted by molar-refractivity contribution is -0.138. The van der Waals surface area contributed by atoms with Gasteiger partial charge in [0.2, 0.25) is 0 Å². The van der Waals surface area contributed by atoms with Crippen LogP contribution in [-0.2, 0) is 23.8 Å². The number of nitrogens with zero attached hydrogens (tertiary/aromatic N) is 9. The van der Waals surface area contributed by atoms with Crippen LogP contribution >= 0.6 is 0 Å². The molecule has 2 amide bonds. The third-order valence-corrected chi connectivity index (χ3v) is 11.5. The smallest absolute Gasteiger partial charge is 0.361 e. The second kappa shape index (κ2) is 17.3. The van der Waals surface area contributed by atoms with Gasteiger partial charge < -0.3 is 24.9 Å². The van der Waals surface area contributed by atoms with Crippen LogP contribution in [0.5, 0.6) is 0 Å². The van der Waals surface area contributed by atoms with Gasteiger partial charge in [0.15, 0.2) is 22.9 Å². The number of ether oxygens (including phenoxy) is 1. The third-order valence-electron chi connectivity index (χ3n) is 9.84. The van der Waals surface area contributed by atoms with E-state index in [1.165, 1.54) is 52.5 Å². The van der Waals surface area contributed by atoms with E-state index in [2.05, 4.69) is 65.4 Å². The number of hydrogen-bond acceptors (Lipinski definition) is 9. The van der Waals surface area contributed by atoms with Crippen LogP contribution in [0.1, 0.15) is 73.4 Å². The molecule has 0 aliphatic rings. The van der Waals surface area contributed by atoms with Gasteiger partial charge in [0, 0.05) is 48.9 Å². The molecule has 0 aliphatic carbocycles. The average Bonchev–Trinajstić information content (AvgIpc) is 4.00. The van der Waals surface area contributed by atoms with Crippen molar-refractivity contribution in [3.8, 4) is 11.6 Å². The van der Waals surface area contributed by atoms with Crippen LogP contribution in [0.3, 0.4) is 0 Å². The topological polar surface area (TPSA) is 175 Å². The summed E-state index contributed by atoms with van der Waals surface area (Å²) in [6.07, 6.45) is -0.0974. The van der Waals surface area contributed by atoms with Gasteiger partial charge in [-0.2, -0.15) is 36.5 Å². The van der Waals surface area contributed by atoms with Crippen molar-refractivity contribution in [2.24, 2.45) is 0 Å². The number of H-pyrrole nitrogens is 1. The van der Waals surface area contributed by atoms with Crippen molar-refractivity contribution >= 4 is 64.0 Å². The van der Waals surface area contributed by atoms with E-state index < -0.39 is 42.6 Å². The number of carbonyl (C=O) groups excluding carboxylic acids is 2. The summed E-state index contributed by atoms with van der Waals surface area (Å²) in [7, 11) is -1.26. The number of hydrogen-bond donors (Lipinski definition) is 3. The van der Waals surface area contributed by atoms with Gasteiger partial charge in [0.05, 0.1) is 58.1 Å². The van der Waals surface area contributed by atoms with Gasteiger partial charge in [0.25, 0.3) is 11.8 Å². The summed E-state index contributed by atoms with van der Waals surface area (Å²) in [6.45, 7) is 18.9. The fourth-order valence-electron chi connectivity index (χ4n) is 6.71. The van der Waals surface area contributed by atoms with Crippen LogP contribution in [-0.4, -0.2) is 86.6 Å². The van der Waals surface area contributed by atoms with Crippen molar-refractivity contribution in [3.05, 3.63) is 95.8 Å². The molecule has 66 heavy (non-hydrogen) atoms. The molecule has 0 unspecified atom stereocenters. The zero-order chi connectivity index (χ0) is 48.1. The number of halogens is 6. The summed E-state index contributed by atoms with van der Waals surface area (Å²) < 4.78 is 88.6. The molecule has 0 fully saturated rings. The Morgan fingerprint density at radius 3 is 1.70 bits per heavy atom. The molecule has 0 radical (unpaired) electrons. The van der Waals surface area contributed by atoms with Gasteiger partial charge in [-0.05, 0) is 84.0 Å². The second-order valence-corrected chi connectivity index (χ2v) is 24.6. The van der Waals surface area contributed by atoms with E-state index in [-0.39, 0.29) is 30.2 Å². The number of benzene rings is 2. The molecule has 15 nitrogen and oxygen atoms in total. The minimum atomic E-state index is -4.45. The third kappa shape index (κ3) is 10.7. The first kappa shape index (κ1) is 47.3. The van der Waals surface area contributed by atoms with Crippen LogP contribution in [0.2, 0.25) is 25.7 Å². The molecular weight excluding hydrogens is 887 g/mol. The highest BCUT2D eigenvalue weighted by molar-refractivity contribution is 6.76. The van der Waals surface area contributed by atoms with Crippen molar-refractivity contribution < 1.29 is 40.7 Å². The number of fused-ring (bicyclic) bond motifs is 4. The maximum atomic E-state index is 13.1. The average molecular weight is 935 g/mol. The quantitative estimate of drug-likeness (QED) is 0.0723. The van der Waals surface area contributed by atoms with Crippen LogP contribution in [0, 0.1) is 0 Å². The van der Waals surface area contributed by atoms with Crippen LogP contribution < -0.4 is 10.6 Å². The Kier molecular flexibility index (Phi) is 12.4. The largest absolute Gasteiger partial charge is 0.416 e. The fraction of sp³-hybridized carbons (Fsp3) is 0.364. The van der Waals surface area contributed by atoms with E-state index in [9.17, 15) is 35.9 Å². The van der Waals surface area contributed by atoms with Gasteiger partial charge >= 0.3 is 12.4 Å². The molecule has 0 atom stereocenters. The molecule has 2 aromatic carbocycles. The summed E-state index contributed by atoms with van der Waals surface area (Å²) in [5.41, 5.74) is 0.701. The van der Waals surface area contributed by atoms with E-state index in [0.29, 0.717) is 61.9 Å². The molecule has 0 saturated carbocycles. The molecule has 8 rings (SSSR count). The Bertz CT molecular complexity index is 3090. The van der Waals surface area contributed by atoms with E-state index in [4.69, 9.17) is 4.74 Å². The maximum absolute atomic E-state index is 13.1. The normalized spacial score (nSPS) is 12.8. The summed E-state index contributed by atoms with van der Waals surface area (Å²) in [4.78, 5) is 46.5. The summed E-state index contributed by atoms with van der Waals surface area (Å²) >= 11 is 0. The molecule has 22 heteroatoms. The molecular formula is C44H48F6N12O3Si. The van der Waals surface area contributed by atoms with Crippen LogP contribution in [0.4, 0.5) is 26.3 Å². The standard InChI is InChI=1S/C25H31F3N6O2Si.C19H17F3N6O/c1-24(2,3)32-23(35)18-14-33(15-36-9-10-37(4,5)6)22-21(18)31-20(13-29-22)34-19-8-7-17(25(26,27)28)11-16(19)12-30-34;1-18(2,3)27-17(29)12-8-23-16-15(12)26-14(9-24-16)28-13-5-4-11(19(20,21)22)6-10(13)7-25-28/h7-8,11-14H,9-10,15H2,1-6H3,(H,32,35);4-9H,1-3H3,(H,23,24)(H,27,29). The van der Waals surface area contributed by atoms with E-state index >= 15 is 0 Å². The molecule has 3 N–H and O–H groups in total. The maximum Gasteiger partial charge on any atom is 0.416 e. The summed E-state index contributed by atoms with van der Waals surface area (Å²) in [6, 6.07) is 7.75. The number of amides is 2. The van der Waals surface area contributed by atoms with Gasteiger partial charge in [-0.1, -0.05) is 19.6 Å².